The first-order chi connectivity index (χ1) is 7.28. The molecular formula is C9H19N2O4P. The average molecular weight is 250 g/mol. The largest absolute Gasteiger partial charge is 0.350 e. The van der Waals surface area contributed by atoms with Gasteiger partial charge < -0.3 is 20.8 Å². The van der Waals surface area contributed by atoms with Crippen molar-refractivity contribution in [2.75, 3.05) is 0 Å². The number of hydrogen-bond acceptors (Lipinski definition) is 3. The lowest BCUT2D eigenvalue weighted by Crippen LogP contribution is -2.53. The molecule has 1 unspecified atom stereocenters. The van der Waals surface area contributed by atoms with E-state index in [4.69, 9.17) is 5.73 Å². The molecule has 0 saturated heterocycles. The zero-order chi connectivity index (χ0) is 12.4. The summed E-state index contributed by atoms with van der Waals surface area (Å²) in [4.78, 5) is 30.2. The van der Waals surface area contributed by atoms with Gasteiger partial charge in [0.25, 0.3) is 0 Å². The first-order valence-corrected chi connectivity index (χ1v) is 7.03. The minimum absolute atomic E-state index is 0.315. The van der Waals surface area contributed by atoms with Crippen LogP contribution in [0.2, 0.25) is 0 Å². The van der Waals surface area contributed by atoms with E-state index in [1.54, 1.807) is 0 Å². The van der Waals surface area contributed by atoms with Crippen molar-refractivity contribution in [1.29, 1.82) is 0 Å². The predicted molar refractivity (Wildman–Crippen MR) is 59.7 cm³/mol. The number of rotatable bonds is 3. The molecule has 0 aromatic heterocycles. The molecule has 0 aromatic rings. The van der Waals surface area contributed by atoms with Gasteiger partial charge in [-0.05, 0) is 19.8 Å². The maximum atomic E-state index is 11.5. The van der Waals surface area contributed by atoms with Gasteiger partial charge in [0.05, 0.1) is 6.04 Å². The topological polar surface area (TPSA) is 113 Å². The van der Waals surface area contributed by atoms with Crippen molar-refractivity contribution in [2.24, 2.45) is 5.73 Å². The Balaban J connectivity index is 2.88. The Kier molecular flexibility index (Phi) is 4.12. The van der Waals surface area contributed by atoms with Gasteiger partial charge in [-0.25, -0.2) is 0 Å². The van der Waals surface area contributed by atoms with Crippen molar-refractivity contribution in [1.82, 2.24) is 5.32 Å². The molecule has 0 bridgehead atoms. The Morgan fingerprint density at radius 2 is 1.88 bits per heavy atom. The fourth-order valence-electron chi connectivity index (χ4n) is 1.97. The zero-order valence-corrected chi connectivity index (χ0v) is 10.2. The standard InChI is InChI=1S/C9H19N2O4P/c1-7(10)8(12)11-9(16(13,14)15)5-3-2-4-6-9/h7H,2-6,10H2,1H3,(H,11,12)(H2,13,14,15). The van der Waals surface area contributed by atoms with Crippen LogP contribution in [0.5, 0.6) is 0 Å². The van der Waals surface area contributed by atoms with Gasteiger partial charge in [-0.3, -0.25) is 9.36 Å². The normalized spacial score (nSPS) is 22.5. The summed E-state index contributed by atoms with van der Waals surface area (Å²) in [5, 5.41) is 1.05. The summed E-state index contributed by atoms with van der Waals surface area (Å²) in [6.45, 7) is 1.49. The molecular weight excluding hydrogens is 231 g/mol. The van der Waals surface area contributed by atoms with Crippen LogP contribution in [0.1, 0.15) is 39.0 Å². The Hall–Kier alpha value is -0.420. The van der Waals surface area contributed by atoms with Crippen molar-refractivity contribution in [3.05, 3.63) is 0 Å². The highest BCUT2D eigenvalue weighted by Crippen LogP contribution is 2.55. The number of amides is 1. The molecule has 5 N–H and O–H groups in total. The van der Waals surface area contributed by atoms with Gasteiger partial charge in [0, 0.05) is 0 Å². The molecule has 16 heavy (non-hydrogen) atoms. The number of carbonyl (C=O) groups excluding carboxylic acids is 1. The highest BCUT2D eigenvalue weighted by atomic mass is 31.2. The molecule has 0 heterocycles. The lowest BCUT2D eigenvalue weighted by Gasteiger charge is -2.38. The minimum Gasteiger partial charge on any atom is -0.338 e. The second-order valence-corrected chi connectivity index (χ2v) is 6.36. The highest BCUT2D eigenvalue weighted by molar-refractivity contribution is 7.53. The number of nitrogens with one attached hydrogen (secondary N) is 1. The van der Waals surface area contributed by atoms with Crippen LogP contribution < -0.4 is 11.1 Å². The third-order valence-electron chi connectivity index (χ3n) is 3.01. The van der Waals surface area contributed by atoms with Crippen LogP contribution in [0.15, 0.2) is 0 Å². The van der Waals surface area contributed by atoms with E-state index >= 15 is 0 Å². The van der Waals surface area contributed by atoms with E-state index in [0.29, 0.717) is 25.7 Å². The third kappa shape index (κ3) is 2.83. The van der Waals surface area contributed by atoms with Crippen molar-refractivity contribution >= 4 is 13.5 Å². The predicted octanol–water partition coefficient (Wildman–Crippen LogP) is 0.288. The van der Waals surface area contributed by atoms with E-state index < -0.39 is 24.8 Å². The quantitative estimate of drug-likeness (QED) is 0.538. The SMILES string of the molecule is CC(N)C(=O)NC1(P(=O)(O)O)CCCCC1. The smallest absolute Gasteiger partial charge is 0.338 e. The van der Waals surface area contributed by atoms with Crippen LogP contribution in [0, 0.1) is 0 Å². The van der Waals surface area contributed by atoms with E-state index in [0.717, 1.165) is 6.42 Å². The third-order valence-corrected chi connectivity index (χ3v) is 4.68. The van der Waals surface area contributed by atoms with Gasteiger partial charge in [-0.2, -0.15) is 0 Å². The molecule has 0 spiro atoms. The molecule has 6 nitrogen and oxygen atoms in total. The molecule has 7 heteroatoms. The monoisotopic (exact) mass is 250 g/mol. The van der Waals surface area contributed by atoms with E-state index in [1.165, 1.54) is 6.92 Å². The number of hydrogen-bond donors (Lipinski definition) is 4. The summed E-state index contributed by atoms with van der Waals surface area (Å²) in [6.07, 6.45) is 3.00. The molecule has 0 aromatic carbocycles. The highest BCUT2D eigenvalue weighted by Gasteiger charge is 2.48. The van der Waals surface area contributed by atoms with Crippen LogP contribution in [0.3, 0.4) is 0 Å². The first-order valence-electron chi connectivity index (χ1n) is 5.42. The molecule has 1 saturated carbocycles. The van der Waals surface area contributed by atoms with Gasteiger partial charge in [-0.1, -0.05) is 19.3 Å². The van der Waals surface area contributed by atoms with Gasteiger partial charge in [0.2, 0.25) is 5.91 Å². The molecule has 1 aliphatic rings. The lowest BCUT2D eigenvalue weighted by atomic mass is 9.94. The summed E-state index contributed by atoms with van der Waals surface area (Å²) < 4.78 is 11.5. The van der Waals surface area contributed by atoms with Gasteiger partial charge in [0.15, 0.2) is 0 Å². The fourth-order valence-corrected chi connectivity index (χ4v) is 3.12. The molecule has 1 amide bonds. The van der Waals surface area contributed by atoms with Crippen LogP contribution in [0.25, 0.3) is 0 Å². The van der Waals surface area contributed by atoms with Crippen molar-refractivity contribution in [3.63, 3.8) is 0 Å². The average Bonchev–Trinajstić information content (AvgIpc) is 2.17. The summed E-state index contributed by atoms with van der Waals surface area (Å²) >= 11 is 0. The van der Waals surface area contributed by atoms with Crippen molar-refractivity contribution in [3.8, 4) is 0 Å². The molecule has 0 radical (unpaired) electrons. The van der Waals surface area contributed by atoms with Crippen molar-refractivity contribution in [2.45, 2.75) is 50.3 Å². The summed E-state index contributed by atoms with van der Waals surface area (Å²) in [5.41, 5.74) is 5.39. The van der Waals surface area contributed by atoms with Crippen LogP contribution >= 0.6 is 7.60 Å². The van der Waals surface area contributed by atoms with Crippen LogP contribution in [-0.4, -0.2) is 27.0 Å². The zero-order valence-electron chi connectivity index (χ0n) is 9.35. The second kappa shape index (κ2) is 4.84. The summed E-state index contributed by atoms with van der Waals surface area (Å²) in [5.74, 6) is -0.509. The van der Waals surface area contributed by atoms with Gasteiger partial charge >= 0.3 is 7.60 Å². The van der Waals surface area contributed by atoms with E-state index in [9.17, 15) is 19.1 Å². The van der Waals surface area contributed by atoms with E-state index in [-0.39, 0.29) is 0 Å². The Morgan fingerprint density at radius 1 is 1.38 bits per heavy atom. The molecule has 94 valence electrons. The van der Waals surface area contributed by atoms with Crippen LogP contribution in [-0.2, 0) is 9.36 Å². The molecule has 0 aliphatic heterocycles. The fraction of sp³-hybridized carbons (Fsp3) is 0.889. The van der Waals surface area contributed by atoms with Crippen LogP contribution in [0.4, 0.5) is 0 Å². The second-order valence-electron chi connectivity index (χ2n) is 4.41. The summed E-state index contributed by atoms with van der Waals surface area (Å²) in [7, 11) is -4.35. The number of carbonyl (C=O) groups is 1. The molecule has 1 atom stereocenters. The first kappa shape index (κ1) is 13.6. The number of nitrogens with two attached hydrogens (primary N) is 1. The maximum absolute atomic E-state index is 11.5. The Bertz CT molecular complexity index is 307. The van der Waals surface area contributed by atoms with Gasteiger partial charge in [0.1, 0.15) is 5.28 Å². The Labute approximate surface area is 94.8 Å². The summed E-state index contributed by atoms with van der Waals surface area (Å²) in [6, 6.07) is -0.759. The lowest BCUT2D eigenvalue weighted by molar-refractivity contribution is -0.123. The van der Waals surface area contributed by atoms with Crippen molar-refractivity contribution < 1.29 is 19.1 Å². The molecule has 1 rings (SSSR count). The van der Waals surface area contributed by atoms with Gasteiger partial charge in [-0.15, -0.1) is 0 Å². The molecule has 1 fully saturated rings. The van der Waals surface area contributed by atoms with E-state index in [1.807, 2.05) is 0 Å². The molecule has 1 aliphatic carbocycles. The maximum Gasteiger partial charge on any atom is 0.350 e. The van der Waals surface area contributed by atoms with E-state index in [2.05, 4.69) is 5.32 Å². The minimum atomic E-state index is -4.35. The Morgan fingerprint density at radius 3 is 2.25 bits per heavy atom.